The normalized spacial score (nSPS) is 13.5. The summed E-state index contributed by atoms with van der Waals surface area (Å²) in [6.45, 7) is 4.68. The molecule has 0 spiro atoms. The topological polar surface area (TPSA) is 48.0 Å². The Bertz CT molecular complexity index is 2710. The zero-order valence-corrected chi connectivity index (χ0v) is 26.0. The van der Waals surface area contributed by atoms with Crippen LogP contribution in [0.25, 0.3) is 77.9 Å². The molecule has 5 nitrogen and oxygen atoms in total. The molecule has 3 aromatic heterocycles. The van der Waals surface area contributed by atoms with E-state index in [9.17, 15) is 0 Å². The van der Waals surface area contributed by atoms with E-state index in [4.69, 9.17) is 15.1 Å². The second-order valence-electron chi connectivity index (χ2n) is 12.9. The van der Waals surface area contributed by atoms with E-state index in [2.05, 4.69) is 128 Å². The quantitative estimate of drug-likeness (QED) is 0.202. The van der Waals surface area contributed by atoms with Crippen molar-refractivity contribution in [1.29, 1.82) is 0 Å². The van der Waals surface area contributed by atoms with Crippen molar-refractivity contribution in [2.75, 3.05) is 0 Å². The van der Waals surface area contributed by atoms with Gasteiger partial charge in [-0.3, -0.25) is 0 Å². The molecule has 1 aliphatic rings. The van der Waals surface area contributed by atoms with E-state index in [0.29, 0.717) is 11.6 Å². The van der Waals surface area contributed by atoms with Gasteiger partial charge in [-0.05, 0) is 58.7 Å². The molecular formula is C42H29N5. The highest BCUT2D eigenvalue weighted by atomic mass is 15.3. The lowest BCUT2D eigenvalue weighted by Crippen LogP contribution is -2.15. The molecule has 0 saturated carbocycles. The maximum absolute atomic E-state index is 5.11. The maximum Gasteiger partial charge on any atom is 0.253 e. The van der Waals surface area contributed by atoms with Crippen LogP contribution in [0.5, 0.6) is 0 Å². The lowest BCUT2D eigenvalue weighted by Gasteiger charge is -2.21. The monoisotopic (exact) mass is 603 g/mol. The van der Waals surface area contributed by atoms with Crippen molar-refractivity contribution in [2.24, 2.45) is 0 Å². The van der Waals surface area contributed by atoms with Gasteiger partial charge in [-0.2, -0.15) is 9.50 Å². The fraction of sp³-hybridized carbons (Fsp3) is 0.0714. The molecule has 0 fully saturated rings. The van der Waals surface area contributed by atoms with Gasteiger partial charge in [0, 0.05) is 32.7 Å². The molecule has 3 heterocycles. The Morgan fingerprint density at radius 3 is 2.04 bits per heavy atom. The van der Waals surface area contributed by atoms with Crippen molar-refractivity contribution < 1.29 is 0 Å². The van der Waals surface area contributed by atoms with Gasteiger partial charge in [-0.15, -0.1) is 5.10 Å². The lowest BCUT2D eigenvalue weighted by molar-refractivity contribution is 0.661. The fourth-order valence-corrected chi connectivity index (χ4v) is 7.77. The van der Waals surface area contributed by atoms with E-state index >= 15 is 0 Å². The molecule has 5 heteroatoms. The highest BCUT2D eigenvalue weighted by molar-refractivity contribution is 6.12. The van der Waals surface area contributed by atoms with Crippen LogP contribution >= 0.6 is 0 Å². The Morgan fingerprint density at radius 2 is 1.19 bits per heavy atom. The largest absolute Gasteiger partial charge is 0.308 e. The number of para-hydroxylation sites is 3. The first-order chi connectivity index (χ1) is 23.1. The van der Waals surface area contributed by atoms with Gasteiger partial charge in [-0.25, -0.2) is 4.98 Å². The molecule has 1 aliphatic carbocycles. The van der Waals surface area contributed by atoms with Gasteiger partial charge in [0.15, 0.2) is 5.82 Å². The highest BCUT2D eigenvalue weighted by Crippen LogP contribution is 2.51. The number of hydrogen-bond acceptors (Lipinski definition) is 3. The standard InChI is InChI=1S/C42H29N5/c1-42(2)33-20-10-6-16-27(33)31-24-32-28-17-7-11-21-35(28)46(38(32)25-34(31)42)36-22-12-9-19-30(36)40-44-41-43-39(26-14-4-3-5-15-26)29-18-8-13-23-37(29)47(41)45-40/h3-25H,1-2H3. The van der Waals surface area contributed by atoms with Crippen LogP contribution in [0.3, 0.4) is 0 Å². The third-order valence-electron chi connectivity index (χ3n) is 10.00. The van der Waals surface area contributed by atoms with Crippen LogP contribution in [0, 0.1) is 0 Å². The summed E-state index contributed by atoms with van der Waals surface area (Å²) < 4.78 is 4.28. The third-order valence-corrected chi connectivity index (χ3v) is 10.00. The Balaban J connectivity index is 1.24. The molecule has 0 unspecified atom stereocenters. The van der Waals surface area contributed by atoms with Gasteiger partial charge in [0.05, 0.1) is 27.9 Å². The summed E-state index contributed by atoms with van der Waals surface area (Å²) in [4.78, 5) is 10.2. The van der Waals surface area contributed by atoms with Crippen LogP contribution in [0.2, 0.25) is 0 Å². The number of benzene rings is 6. The Morgan fingerprint density at radius 1 is 0.511 bits per heavy atom. The Labute approximate surface area is 271 Å². The van der Waals surface area contributed by atoms with Crippen molar-refractivity contribution in [3.63, 3.8) is 0 Å². The molecular weight excluding hydrogens is 574 g/mol. The van der Waals surface area contributed by atoms with Gasteiger partial charge < -0.3 is 4.57 Å². The zero-order valence-electron chi connectivity index (χ0n) is 26.0. The molecule has 0 radical (unpaired) electrons. The molecule has 0 saturated heterocycles. The number of fused-ring (bicyclic) bond motifs is 9. The van der Waals surface area contributed by atoms with Crippen LogP contribution in [-0.2, 0) is 5.41 Å². The van der Waals surface area contributed by atoms with Crippen molar-refractivity contribution in [1.82, 2.24) is 24.1 Å². The SMILES string of the molecule is CC1(C)c2ccccc2-c2cc3c4ccccc4n(-c4ccccc4-c4nc5nc(-c6ccccc6)c6ccccc6n5n4)c3cc21. The predicted octanol–water partition coefficient (Wildman–Crippen LogP) is 10.0. The first kappa shape index (κ1) is 26.2. The fourth-order valence-electron chi connectivity index (χ4n) is 7.77. The summed E-state index contributed by atoms with van der Waals surface area (Å²) >= 11 is 0. The molecule has 6 aromatic carbocycles. The molecule has 0 N–H and O–H groups in total. The van der Waals surface area contributed by atoms with Crippen molar-refractivity contribution in [2.45, 2.75) is 19.3 Å². The van der Waals surface area contributed by atoms with Gasteiger partial charge in [0.25, 0.3) is 5.78 Å². The van der Waals surface area contributed by atoms with E-state index in [1.54, 1.807) is 0 Å². The van der Waals surface area contributed by atoms with Gasteiger partial charge in [0.2, 0.25) is 0 Å². The van der Waals surface area contributed by atoms with Crippen molar-refractivity contribution in [3.05, 3.63) is 151 Å². The van der Waals surface area contributed by atoms with Crippen LogP contribution < -0.4 is 0 Å². The Hall–Kier alpha value is -6.07. The molecule has 222 valence electrons. The molecule has 47 heavy (non-hydrogen) atoms. The van der Waals surface area contributed by atoms with Crippen molar-refractivity contribution in [3.8, 4) is 39.5 Å². The second kappa shape index (κ2) is 9.47. The third kappa shape index (κ3) is 3.62. The van der Waals surface area contributed by atoms with E-state index in [1.807, 2.05) is 34.8 Å². The molecule has 0 atom stereocenters. The van der Waals surface area contributed by atoms with Crippen molar-refractivity contribution >= 4 is 38.5 Å². The predicted molar refractivity (Wildman–Crippen MR) is 191 cm³/mol. The average molecular weight is 604 g/mol. The number of hydrogen-bond donors (Lipinski definition) is 0. The second-order valence-corrected chi connectivity index (χ2v) is 12.9. The summed E-state index contributed by atoms with van der Waals surface area (Å²) in [5.74, 6) is 1.22. The van der Waals surface area contributed by atoms with Crippen LogP contribution in [0.4, 0.5) is 0 Å². The molecule has 0 bridgehead atoms. The first-order valence-electron chi connectivity index (χ1n) is 16.1. The molecule has 0 amide bonds. The van der Waals surface area contributed by atoms with Crippen LogP contribution in [0.1, 0.15) is 25.0 Å². The number of rotatable bonds is 3. The summed E-state index contributed by atoms with van der Waals surface area (Å²) in [6.07, 6.45) is 0. The lowest BCUT2D eigenvalue weighted by atomic mass is 9.82. The summed E-state index contributed by atoms with van der Waals surface area (Å²) in [5, 5.41) is 8.62. The summed E-state index contributed by atoms with van der Waals surface area (Å²) in [5.41, 5.74) is 12.5. The molecule has 9 aromatic rings. The summed E-state index contributed by atoms with van der Waals surface area (Å²) in [7, 11) is 0. The van der Waals surface area contributed by atoms with E-state index < -0.39 is 0 Å². The minimum atomic E-state index is -0.104. The minimum Gasteiger partial charge on any atom is -0.308 e. The van der Waals surface area contributed by atoms with Crippen LogP contribution in [0.15, 0.2) is 140 Å². The summed E-state index contributed by atoms with van der Waals surface area (Å²) in [6, 6.07) is 49.4. The average Bonchev–Trinajstić information content (AvgIpc) is 3.76. The van der Waals surface area contributed by atoms with E-state index in [1.165, 1.54) is 38.5 Å². The highest BCUT2D eigenvalue weighted by Gasteiger charge is 2.36. The minimum absolute atomic E-state index is 0.104. The van der Waals surface area contributed by atoms with Crippen LogP contribution in [-0.4, -0.2) is 24.1 Å². The first-order valence-corrected chi connectivity index (χ1v) is 16.1. The van der Waals surface area contributed by atoms with Gasteiger partial charge in [-0.1, -0.05) is 117 Å². The smallest absolute Gasteiger partial charge is 0.253 e. The van der Waals surface area contributed by atoms with Gasteiger partial charge in [0.1, 0.15) is 0 Å². The Kier molecular flexibility index (Phi) is 5.28. The zero-order chi connectivity index (χ0) is 31.3. The number of nitrogens with zero attached hydrogens (tertiary/aromatic N) is 5. The van der Waals surface area contributed by atoms with E-state index in [-0.39, 0.29) is 5.41 Å². The molecule has 0 aliphatic heterocycles. The maximum atomic E-state index is 5.11. The molecule has 10 rings (SSSR count). The van der Waals surface area contributed by atoms with E-state index in [0.717, 1.165) is 38.9 Å². The van der Waals surface area contributed by atoms with Gasteiger partial charge >= 0.3 is 0 Å². The number of aromatic nitrogens is 5.